The van der Waals surface area contributed by atoms with Crippen molar-refractivity contribution in [2.45, 2.75) is 12.8 Å². The molecule has 2 heterocycles. The highest BCUT2D eigenvalue weighted by Gasteiger charge is 2.29. The van der Waals surface area contributed by atoms with Gasteiger partial charge in [0.2, 0.25) is 5.96 Å². The normalized spacial score (nSPS) is 14.1. The molecule has 9 heteroatoms. The third-order valence-electron chi connectivity index (χ3n) is 5.49. The van der Waals surface area contributed by atoms with Gasteiger partial charge in [-0.2, -0.15) is 0 Å². The van der Waals surface area contributed by atoms with E-state index >= 15 is 0 Å². The summed E-state index contributed by atoms with van der Waals surface area (Å²) in [5.41, 5.74) is 10.1. The van der Waals surface area contributed by atoms with Gasteiger partial charge >= 0.3 is 5.97 Å². The topological polar surface area (TPSA) is 108 Å². The predicted molar refractivity (Wildman–Crippen MR) is 138 cm³/mol. The summed E-state index contributed by atoms with van der Waals surface area (Å²) in [6, 6.07) is 19.5. The lowest BCUT2D eigenvalue weighted by atomic mass is 10.1. The smallest absolute Gasteiger partial charge is 0.305 e. The molecule has 8 nitrogen and oxygen atoms in total. The highest BCUT2D eigenvalue weighted by molar-refractivity contribution is 6.10. The standard InChI is InChI=1S/C25H26N6O2.ClH/c1-33-23(32)13-6-18-4-9-21(10-5-18)30-15-16-31(22-11-7-19(8-12-22)24(26)27)25(30)29-20-3-2-14-28-17-20;/h2-5,7-12,14,17H,6,13,15-16H2,1H3,(H3,26,27);1H/b29-25+;. The van der Waals surface area contributed by atoms with Crippen LogP contribution in [0, 0.1) is 5.41 Å². The minimum Gasteiger partial charge on any atom is -0.469 e. The molecular weight excluding hydrogens is 452 g/mol. The quantitative estimate of drug-likeness (QED) is 0.303. The number of aliphatic imine (C=N–C) groups is 1. The SMILES string of the molecule is COC(=O)CCc1ccc(N2CCN(c3ccc(C(=N)N)cc3)/C2=N/c2cccnc2)cc1.Cl. The summed E-state index contributed by atoms with van der Waals surface area (Å²) >= 11 is 0. The fraction of sp³-hybridized carbons (Fsp3) is 0.200. The molecule has 0 unspecified atom stereocenters. The molecule has 1 aliphatic heterocycles. The Kier molecular flexibility index (Phi) is 8.21. The number of aryl methyl sites for hydroxylation is 1. The molecule has 1 saturated heterocycles. The van der Waals surface area contributed by atoms with Crippen LogP contribution < -0.4 is 15.5 Å². The van der Waals surface area contributed by atoms with Crippen LogP contribution in [-0.4, -0.2) is 42.9 Å². The van der Waals surface area contributed by atoms with Crippen LogP contribution in [0.1, 0.15) is 17.5 Å². The molecule has 1 aliphatic rings. The molecule has 0 amide bonds. The zero-order valence-corrected chi connectivity index (χ0v) is 19.7. The lowest BCUT2D eigenvalue weighted by Gasteiger charge is -2.24. The van der Waals surface area contributed by atoms with E-state index in [0.717, 1.165) is 41.7 Å². The van der Waals surface area contributed by atoms with Crippen LogP contribution in [0.2, 0.25) is 0 Å². The van der Waals surface area contributed by atoms with E-state index < -0.39 is 0 Å². The van der Waals surface area contributed by atoms with Gasteiger partial charge in [0.25, 0.3) is 0 Å². The first-order valence-corrected chi connectivity index (χ1v) is 10.7. The number of benzene rings is 2. The Morgan fingerprint density at radius 2 is 1.68 bits per heavy atom. The molecule has 34 heavy (non-hydrogen) atoms. The largest absolute Gasteiger partial charge is 0.469 e. The van der Waals surface area contributed by atoms with Gasteiger partial charge in [-0.15, -0.1) is 12.4 Å². The van der Waals surface area contributed by atoms with Crippen molar-refractivity contribution in [1.29, 1.82) is 5.41 Å². The van der Waals surface area contributed by atoms with Gasteiger partial charge in [-0.1, -0.05) is 12.1 Å². The number of hydrogen-bond acceptors (Lipinski definition) is 5. The lowest BCUT2D eigenvalue weighted by molar-refractivity contribution is -0.140. The zero-order chi connectivity index (χ0) is 23.2. The van der Waals surface area contributed by atoms with E-state index in [1.54, 1.807) is 12.4 Å². The van der Waals surface area contributed by atoms with E-state index in [9.17, 15) is 4.79 Å². The molecule has 4 rings (SSSR count). The van der Waals surface area contributed by atoms with Crippen molar-refractivity contribution < 1.29 is 9.53 Å². The Hall–Kier alpha value is -3.91. The number of methoxy groups -OCH3 is 1. The Morgan fingerprint density at radius 3 is 2.21 bits per heavy atom. The first-order chi connectivity index (χ1) is 16.0. The Balaban J connectivity index is 0.00000324. The number of carbonyl (C=O) groups is 1. The molecule has 0 bridgehead atoms. The number of carbonyl (C=O) groups excluding carboxylic acids is 1. The van der Waals surface area contributed by atoms with Crippen molar-refractivity contribution in [3.8, 4) is 0 Å². The van der Waals surface area contributed by atoms with E-state index in [1.807, 2.05) is 60.7 Å². The minimum absolute atomic E-state index is 0. The van der Waals surface area contributed by atoms with Gasteiger partial charge in [0.1, 0.15) is 5.84 Å². The van der Waals surface area contributed by atoms with Gasteiger partial charge in [-0.3, -0.25) is 15.2 Å². The molecule has 0 radical (unpaired) electrons. The Labute approximate surface area is 205 Å². The number of halogens is 1. The number of rotatable bonds is 7. The molecule has 1 fully saturated rings. The van der Waals surface area contributed by atoms with E-state index in [4.69, 9.17) is 20.9 Å². The van der Waals surface area contributed by atoms with Crippen molar-refractivity contribution in [3.05, 3.63) is 84.2 Å². The number of nitrogens with zero attached hydrogens (tertiary/aromatic N) is 4. The molecule has 3 N–H and O–H groups in total. The monoisotopic (exact) mass is 478 g/mol. The van der Waals surface area contributed by atoms with Gasteiger partial charge in [0, 0.05) is 42.6 Å². The van der Waals surface area contributed by atoms with E-state index in [0.29, 0.717) is 18.4 Å². The van der Waals surface area contributed by atoms with Crippen molar-refractivity contribution in [2.24, 2.45) is 10.7 Å². The average Bonchev–Trinajstić information content (AvgIpc) is 3.26. The maximum absolute atomic E-state index is 11.4. The number of esters is 1. The van der Waals surface area contributed by atoms with Crippen LogP contribution in [0.15, 0.2) is 78.0 Å². The van der Waals surface area contributed by atoms with Crippen molar-refractivity contribution >= 4 is 47.2 Å². The summed E-state index contributed by atoms with van der Waals surface area (Å²) in [7, 11) is 1.40. The fourth-order valence-electron chi connectivity index (χ4n) is 3.70. The van der Waals surface area contributed by atoms with Crippen LogP contribution in [0.4, 0.5) is 17.1 Å². The molecule has 0 spiro atoms. The van der Waals surface area contributed by atoms with E-state index in [1.165, 1.54) is 7.11 Å². The third kappa shape index (κ3) is 5.71. The number of hydrogen-bond donors (Lipinski definition) is 2. The molecule has 1 aromatic heterocycles. The number of nitrogens with two attached hydrogens (primary N) is 1. The molecule has 176 valence electrons. The highest BCUT2D eigenvalue weighted by Crippen LogP contribution is 2.28. The van der Waals surface area contributed by atoms with Gasteiger partial charge in [0.15, 0.2) is 0 Å². The second kappa shape index (κ2) is 11.3. The maximum atomic E-state index is 11.4. The second-order valence-electron chi connectivity index (χ2n) is 7.63. The Morgan fingerprint density at radius 1 is 1.06 bits per heavy atom. The molecule has 0 saturated carbocycles. The van der Waals surface area contributed by atoms with E-state index in [-0.39, 0.29) is 24.2 Å². The zero-order valence-electron chi connectivity index (χ0n) is 18.8. The predicted octanol–water partition coefficient (Wildman–Crippen LogP) is 3.91. The third-order valence-corrected chi connectivity index (χ3v) is 5.49. The van der Waals surface area contributed by atoms with Crippen LogP contribution in [0.25, 0.3) is 0 Å². The first-order valence-electron chi connectivity index (χ1n) is 10.7. The summed E-state index contributed by atoms with van der Waals surface area (Å²) in [5, 5.41) is 7.63. The average molecular weight is 479 g/mol. The lowest BCUT2D eigenvalue weighted by Crippen LogP contribution is -2.33. The summed E-state index contributed by atoms with van der Waals surface area (Å²) < 4.78 is 4.73. The number of ether oxygens (including phenoxy) is 1. The maximum Gasteiger partial charge on any atom is 0.305 e. The number of amidine groups is 1. The summed E-state index contributed by atoms with van der Waals surface area (Å²) in [4.78, 5) is 24.8. The molecule has 3 aromatic rings. The van der Waals surface area contributed by atoms with E-state index in [2.05, 4.69) is 14.8 Å². The van der Waals surface area contributed by atoms with Crippen molar-refractivity contribution in [3.63, 3.8) is 0 Å². The number of nitrogens with one attached hydrogen (secondary N) is 1. The molecule has 0 atom stereocenters. The van der Waals surface area contributed by atoms with Gasteiger partial charge in [0.05, 0.1) is 19.0 Å². The number of pyridine rings is 1. The van der Waals surface area contributed by atoms with Crippen molar-refractivity contribution in [1.82, 2.24) is 4.98 Å². The van der Waals surface area contributed by atoms with Crippen LogP contribution in [0.5, 0.6) is 0 Å². The number of guanidine groups is 1. The van der Waals surface area contributed by atoms with Gasteiger partial charge in [-0.25, -0.2) is 4.99 Å². The van der Waals surface area contributed by atoms with Crippen LogP contribution >= 0.6 is 12.4 Å². The molecular formula is C25H27ClN6O2. The second-order valence-corrected chi connectivity index (χ2v) is 7.63. The highest BCUT2D eigenvalue weighted by atomic mass is 35.5. The van der Waals surface area contributed by atoms with Gasteiger partial charge < -0.3 is 20.3 Å². The van der Waals surface area contributed by atoms with Gasteiger partial charge in [-0.05, 0) is 60.5 Å². The number of nitrogen functional groups attached to an aromatic ring is 1. The van der Waals surface area contributed by atoms with Crippen LogP contribution in [0.3, 0.4) is 0 Å². The summed E-state index contributed by atoms with van der Waals surface area (Å²) in [5.74, 6) is 0.623. The number of anilines is 2. The Bertz CT molecular complexity index is 1150. The van der Waals surface area contributed by atoms with Crippen molar-refractivity contribution in [2.75, 3.05) is 30.0 Å². The molecule has 2 aromatic carbocycles. The van der Waals surface area contributed by atoms with Crippen LogP contribution in [-0.2, 0) is 16.0 Å². The fourth-order valence-corrected chi connectivity index (χ4v) is 3.70. The summed E-state index contributed by atoms with van der Waals surface area (Å²) in [6.45, 7) is 1.51. The minimum atomic E-state index is -0.212. The molecule has 0 aliphatic carbocycles. The number of aromatic nitrogens is 1. The summed E-state index contributed by atoms with van der Waals surface area (Å²) in [6.07, 6.45) is 4.45. The first kappa shape index (κ1) is 24.7.